The summed E-state index contributed by atoms with van der Waals surface area (Å²) in [5.74, 6) is -0.116. The van der Waals surface area contributed by atoms with Crippen molar-refractivity contribution in [2.75, 3.05) is 6.61 Å². The molecule has 3 fully saturated rings. The van der Waals surface area contributed by atoms with E-state index in [1.807, 2.05) is 30.3 Å². The zero-order chi connectivity index (χ0) is 20.1. The second-order valence-electron chi connectivity index (χ2n) is 8.40. The van der Waals surface area contributed by atoms with Crippen LogP contribution in [-0.2, 0) is 30.3 Å². The lowest BCUT2D eigenvalue weighted by atomic mass is 10.0. The Balaban J connectivity index is 1.12. The summed E-state index contributed by atoms with van der Waals surface area (Å²) in [6.45, 7) is 1.24. The highest BCUT2D eigenvalue weighted by molar-refractivity contribution is 5.71. The van der Waals surface area contributed by atoms with Crippen LogP contribution in [0.2, 0.25) is 0 Å². The molecule has 1 N–H and O–H groups in total. The van der Waals surface area contributed by atoms with Crippen LogP contribution in [0.15, 0.2) is 30.3 Å². The number of benzene rings is 1. The van der Waals surface area contributed by atoms with Crippen molar-refractivity contribution < 1.29 is 28.8 Å². The fraction of sp³-hybridized carbons (Fsp3) is 0.696. The number of hydrogen-bond donors (Lipinski definition) is 1. The molecule has 3 aliphatic heterocycles. The van der Waals surface area contributed by atoms with Gasteiger partial charge in [0.1, 0.15) is 6.10 Å². The van der Waals surface area contributed by atoms with Gasteiger partial charge in [0.05, 0.1) is 37.1 Å². The Morgan fingerprint density at radius 3 is 2.45 bits per heavy atom. The van der Waals surface area contributed by atoms with Gasteiger partial charge in [0, 0.05) is 13.0 Å². The van der Waals surface area contributed by atoms with E-state index in [9.17, 15) is 9.90 Å². The van der Waals surface area contributed by atoms with E-state index >= 15 is 0 Å². The predicted octanol–water partition coefficient (Wildman–Crippen LogP) is 3.15. The molecule has 0 aliphatic carbocycles. The Labute approximate surface area is 172 Å². The smallest absolute Gasteiger partial charge is 0.306 e. The van der Waals surface area contributed by atoms with Crippen LogP contribution in [-0.4, -0.2) is 54.3 Å². The number of cyclic esters (lactones) is 1. The fourth-order valence-electron chi connectivity index (χ4n) is 4.64. The third-order valence-electron chi connectivity index (χ3n) is 6.24. The van der Waals surface area contributed by atoms with Gasteiger partial charge >= 0.3 is 5.97 Å². The molecule has 6 atom stereocenters. The van der Waals surface area contributed by atoms with Gasteiger partial charge in [-0.3, -0.25) is 4.79 Å². The summed E-state index contributed by atoms with van der Waals surface area (Å²) < 4.78 is 23.3. The van der Waals surface area contributed by atoms with Crippen LogP contribution in [0.5, 0.6) is 0 Å². The normalized spacial score (nSPS) is 33.1. The summed E-state index contributed by atoms with van der Waals surface area (Å²) in [5, 5.41) is 10.5. The van der Waals surface area contributed by atoms with Crippen molar-refractivity contribution in [2.45, 2.75) is 94.6 Å². The first-order valence-electron chi connectivity index (χ1n) is 11.0. The van der Waals surface area contributed by atoms with E-state index in [2.05, 4.69) is 0 Å². The van der Waals surface area contributed by atoms with Gasteiger partial charge in [-0.1, -0.05) is 30.3 Å². The standard InChI is InChI=1S/C23H32O6/c24-17(7-4-14-26-15-16-5-2-1-3-6-16)18-8-9-19(27-18)20-10-11-21(28-20)22-12-13-23(25)29-22/h1-3,5-6,17-22,24H,4,7-15H2/t17-,18+,19+,20+,21+,22+/m0/s1. The first-order valence-corrected chi connectivity index (χ1v) is 11.0. The van der Waals surface area contributed by atoms with Crippen molar-refractivity contribution in [1.82, 2.24) is 0 Å². The molecule has 0 aromatic heterocycles. The molecule has 0 saturated carbocycles. The Hall–Kier alpha value is -1.47. The van der Waals surface area contributed by atoms with Crippen LogP contribution in [0.4, 0.5) is 0 Å². The van der Waals surface area contributed by atoms with E-state index in [0.717, 1.165) is 44.1 Å². The van der Waals surface area contributed by atoms with Crippen LogP contribution in [0, 0.1) is 0 Å². The first-order chi connectivity index (χ1) is 14.2. The van der Waals surface area contributed by atoms with Crippen LogP contribution in [0.25, 0.3) is 0 Å². The summed E-state index contributed by atoms with van der Waals surface area (Å²) in [6, 6.07) is 10.1. The summed E-state index contributed by atoms with van der Waals surface area (Å²) in [4.78, 5) is 11.3. The summed E-state index contributed by atoms with van der Waals surface area (Å²) in [6.07, 6.45) is 5.76. The van der Waals surface area contributed by atoms with Gasteiger partial charge in [0.25, 0.3) is 0 Å². The van der Waals surface area contributed by atoms with Crippen LogP contribution in [0.3, 0.4) is 0 Å². The van der Waals surface area contributed by atoms with E-state index in [0.29, 0.717) is 26.1 Å². The molecule has 0 unspecified atom stereocenters. The maximum absolute atomic E-state index is 11.3. The van der Waals surface area contributed by atoms with Crippen molar-refractivity contribution >= 4 is 5.97 Å². The van der Waals surface area contributed by atoms with Gasteiger partial charge in [0.15, 0.2) is 0 Å². The highest BCUT2D eigenvalue weighted by atomic mass is 16.6. The molecule has 29 heavy (non-hydrogen) atoms. The van der Waals surface area contributed by atoms with E-state index < -0.39 is 6.10 Å². The molecule has 3 aliphatic rings. The average molecular weight is 405 g/mol. The molecular formula is C23H32O6. The van der Waals surface area contributed by atoms with Gasteiger partial charge in [-0.25, -0.2) is 0 Å². The number of aliphatic hydroxyl groups is 1. The SMILES string of the molecule is O=C1CC[C@H]([C@H]2CC[C@H]([C@H]3CC[C@H]([C@@H](O)CCCOCc4ccccc4)O3)O2)O1. The lowest BCUT2D eigenvalue weighted by Crippen LogP contribution is -2.33. The second-order valence-corrected chi connectivity index (χ2v) is 8.40. The molecular weight excluding hydrogens is 372 g/mol. The van der Waals surface area contributed by atoms with Gasteiger partial charge in [0.2, 0.25) is 0 Å². The lowest BCUT2D eigenvalue weighted by Gasteiger charge is -2.24. The van der Waals surface area contributed by atoms with Crippen molar-refractivity contribution in [3.63, 3.8) is 0 Å². The van der Waals surface area contributed by atoms with Gasteiger partial charge in [-0.2, -0.15) is 0 Å². The molecule has 0 radical (unpaired) electrons. The number of hydrogen-bond acceptors (Lipinski definition) is 6. The molecule has 0 amide bonds. The maximum Gasteiger partial charge on any atom is 0.306 e. The van der Waals surface area contributed by atoms with Crippen LogP contribution in [0.1, 0.15) is 56.9 Å². The van der Waals surface area contributed by atoms with Crippen molar-refractivity contribution in [1.29, 1.82) is 0 Å². The molecule has 4 rings (SSSR count). The zero-order valence-electron chi connectivity index (χ0n) is 16.9. The van der Waals surface area contributed by atoms with E-state index in [4.69, 9.17) is 18.9 Å². The third kappa shape index (κ3) is 5.57. The number of rotatable bonds is 9. The van der Waals surface area contributed by atoms with Crippen molar-refractivity contribution in [2.24, 2.45) is 0 Å². The first kappa shape index (κ1) is 20.8. The van der Waals surface area contributed by atoms with E-state index in [1.165, 1.54) is 0 Å². The van der Waals surface area contributed by atoms with E-state index in [1.54, 1.807) is 0 Å². The van der Waals surface area contributed by atoms with Crippen molar-refractivity contribution in [3.05, 3.63) is 35.9 Å². The largest absolute Gasteiger partial charge is 0.460 e. The molecule has 0 spiro atoms. The van der Waals surface area contributed by atoms with E-state index in [-0.39, 0.29) is 36.5 Å². The monoisotopic (exact) mass is 404 g/mol. The quantitative estimate of drug-likeness (QED) is 0.503. The topological polar surface area (TPSA) is 74.2 Å². The minimum absolute atomic E-state index is 0.000729. The minimum atomic E-state index is -0.465. The average Bonchev–Trinajstić information content (AvgIpc) is 3.48. The Kier molecular flexibility index (Phi) is 7.19. The highest BCUT2D eigenvalue weighted by Gasteiger charge is 2.43. The van der Waals surface area contributed by atoms with Gasteiger partial charge in [-0.15, -0.1) is 0 Å². The predicted molar refractivity (Wildman–Crippen MR) is 106 cm³/mol. The lowest BCUT2D eigenvalue weighted by molar-refractivity contribution is -0.149. The Bertz CT molecular complexity index is 650. The number of carbonyl (C=O) groups excluding carboxylic acids is 1. The maximum atomic E-state index is 11.3. The molecule has 160 valence electrons. The highest BCUT2D eigenvalue weighted by Crippen LogP contribution is 2.36. The number of aliphatic hydroxyl groups excluding tert-OH is 1. The van der Waals surface area contributed by atoms with Gasteiger partial charge in [-0.05, 0) is 50.5 Å². The Morgan fingerprint density at radius 1 is 0.966 bits per heavy atom. The molecule has 6 heteroatoms. The molecule has 0 bridgehead atoms. The molecule has 1 aromatic rings. The van der Waals surface area contributed by atoms with Crippen LogP contribution >= 0.6 is 0 Å². The summed E-state index contributed by atoms with van der Waals surface area (Å²) in [7, 11) is 0. The Morgan fingerprint density at radius 2 is 1.69 bits per heavy atom. The molecule has 6 nitrogen and oxygen atoms in total. The summed E-state index contributed by atoms with van der Waals surface area (Å²) >= 11 is 0. The number of esters is 1. The minimum Gasteiger partial charge on any atom is -0.460 e. The zero-order valence-corrected chi connectivity index (χ0v) is 16.9. The fourth-order valence-corrected chi connectivity index (χ4v) is 4.64. The summed E-state index contributed by atoms with van der Waals surface area (Å²) in [5.41, 5.74) is 1.16. The number of ether oxygens (including phenoxy) is 4. The molecule has 3 saturated heterocycles. The van der Waals surface area contributed by atoms with Crippen LogP contribution < -0.4 is 0 Å². The molecule has 3 heterocycles. The van der Waals surface area contributed by atoms with Crippen molar-refractivity contribution in [3.8, 4) is 0 Å². The third-order valence-corrected chi connectivity index (χ3v) is 6.24. The second kappa shape index (κ2) is 10.0. The van der Waals surface area contributed by atoms with Gasteiger partial charge < -0.3 is 24.1 Å². The number of carbonyl (C=O) groups is 1. The molecule has 1 aromatic carbocycles.